The fourth-order valence-corrected chi connectivity index (χ4v) is 3.29. The van der Waals surface area contributed by atoms with Crippen LogP contribution in [0.5, 0.6) is 0 Å². The molecule has 2 heterocycles. The lowest BCUT2D eigenvalue weighted by atomic mass is 10.2. The lowest BCUT2D eigenvalue weighted by Crippen LogP contribution is -2.37. The number of nitrogens with zero attached hydrogens (tertiary/aromatic N) is 2. The molecule has 0 saturated carbocycles. The number of anilines is 1. The Morgan fingerprint density at radius 1 is 1.33 bits per heavy atom. The van der Waals surface area contributed by atoms with Gasteiger partial charge in [-0.25, -0.2) is 0 Å². The molecule has 2 aliphatic rings. The Balaban J connectivity index is 1.34. The van der Waals surface area contributed by atoms with Crippen LogP contribution in [-0.2, 0) is 20.8 Å². The summed E-state index contributed by atoms with van der Waals surface area (Å²) in [4.78, 5) is 17.9. The second-order valence-electron chi connectivity index (χ2n) is 6.88. The number of hydrogen-bond donors (Lipinski definition) is 2. The fourth-order valence-electron chi connectivity index (χ4n) is 3.29. The van der Waals surface area contributed by atoms with E-state index in [1.165, 1.54) is 0 Å². The number of amides is 1. The summed E-state index contributed by atoms with van der Waals surface area (Å²) in [6.07, 6.45) is 3.80. The van der Waals surface area contributed by atoms with Gasteiger partial charge < -0.3 is 25.0 Å². The van der Waals surface area contributed by atoms with Gasteiger partial charge in [0.15, 0.2) is 5.96 Å². The van der Waals surface area contributed by atoms with Crippen molar-refractivity contribution in [1.82, 2.24) is 10.6 Å². The topological polar surface area (TPSA) is 75.2 Å². The minimum absolute atomic E-state index is 0.218. The average molecular weight is 374 g/mol. The van der Waals surface area contributed by atoms with Gasteiger partial charge in [0.1, 0.15) is 0 Å². The zero-order valence-corrected chi connectivity index (χ0v) is 16.1. The number of nitrogens with one attached hydrogen (secondary N) is 2. The van der Waals surface area contributed by atoms with Gasteiger partial charge in [-0.05, 0) is 37.0 Å². The SMILES string of the molecule is CN=C(NCCCOC1CCOC1)NCc1ccc(N2CCCC2=O)cc1. The third-order valence-electron chi connectivity index (χ3n) is 4.86. The summed E-state index contributed by atoms with van der Waals surface area (Å²) >= 11 is 0. The van der Waals surface area contributed by atoms with E-state index in [2.05, 4.69) is 27.8 Å². The van der Waals surface area contributed by atoms with E-state index < -0.39 is 0 Å². The number of hydrogen-bond acceptors (Lipinski definition) is 4. The van der Waals surface area contributed by atoms with Gasteiger partial charge in [-0.15, -0.1) is 0 Å². The molecule has 148 valence electrons. The maximum Gasteiger partial charge on any atom is 0.227 e. The Morgan fingerprint density at radius 2 is 2.19 bits per heavy atom. The Kier molecular flexibility index (Phi) is 7.47. The second kappa shape index (κ2) is 10.3. The first-order valence-corrected chi connectivity index (χ1v) is 9.79. The molecule has 27 heavy (non-hydrogen) atoms. The maximum atomic E-state index is 11.8. The summed E-state index contributed by atoms with van der Waals surface area (Å²) < 4.78 is 11.1. The highest BCUT2D eigenvalue weighted by molar-refractivity contribution is 5.95. The molecular weight excluding hydrogens is 344 g/mol. The first-order chi connectivity index (χ1) is 13.3. The summed E-state index contributed by atoms with van der Waals surface area (Å²) in [6, 6.07) is 8.14. The van der Waals surface area contributed by atoms with E-state index in [4.69, 9.17) is 9.47 Å². The van der Waals surface area contributed by atoms with Crippen LogP contribution >= 0.6 is 0 Å². The van der Waals surface area contributed by atoms with E-state index in [-0.39, 0.29) is 12.0 Å². The van der Waals surface area contributed by atoms with Crippen LogP contribution in [0.1, 0.15) is 31.2 Å². The van der Waals surface area contributed by atoms with Gasteiger partial charge in [-0.2, -0.15) is 0 Å². The first-order valence-electron chi connectivity index (χ1n) is 9.79. The van der Waals surface area contributed by atoms with Crippen molar-refractivity contribution in [1.29, 1.82) is 0 Å². The van der Waals surface area contributed by atoms with Crippen molar-refractivity contribution in [2.75, 3.05) is 44.9 Å². The number of carbonyl (C=O) groups excluding carboxylic acids is 1. The van der Waals surface area contributed by atoms with Gasteiger partial charge in [-0.3, -0.25) is 9.79 Å². The monoisotopic (exact) mass is 374 g/mol. The number of ether oxygens (including phenoxy) is 2. The Hall–Kier alpha value is -2.12. The van der Waals surface area contributed by atoms with Crippen molar-refractivity contribution in [2.45, 2.75) is 38.3 Å². The van der Waals surface area contributed by atoms with Gasteiger partial charge in [-0.1, -0.05) is 12.1 Å². The van der Waals surface area contributed by atoms with E-state index in [1.807, 2.05) is 17.0 Å². The van der Waals surface area contributed by atoms with Crippen molar-refractivity contribution in [3.05, 3.63) is 29.8 Å². The quantitative estimate of drug-likeness (QED) is 0.411. The molecule has 2 N–H and O–H groups in total. The van der Waals surface area contributed by atoms with E-state index in [1.54, 1.807) is 7.05 Å². The molecule has 0 radical (unpaired) electrons. The minimum Gasteiger partial charge on any atom is -0.379 e. The van der Waals surface area contributed by atoms with Crippen LogP contribution in [0, 0.1) is 0 Å². The lowest BCUT2D eigenvalue weighted by molar-refractivity contribution is -0.117. The lowest BCUT2D eigenvalue weighted by Gasteiger charge is -2.16. The van der Waals surface area contributed by atoms with Crippen molar-refractivity contribution in [3.8, 4) is 0 Å². The predicted molar refractivity (Wildman–Crippen MR) is 106 cm³/mol. The average Bonchev–Trinajstić information content (AvgIpc) is 3.36. The third kappa shape index (κ3) is 5.94. The smallest absolute Gasteiger partial charge is 0.227 e. The van der Waals surface area contributed by atoms with Crippen LogP contribution in [0.4, 0.5) is 5.69 Å². The molecule has 7 heteroatoms. The summed E-state index contributed by atoms with van der Waals surface area (Å²) in [5.74, 6) is 0.993. The van der Waals surface area contributed by atoms with Crippen LogP contribution in [0.3, 0.4) is 0 Å². The molecule has 7 nitrogen and oxygen atoms in total. The minimum atomic E-state index is 0.218. The molecular formula is C20H30N4O3. The van der Waals surface area contributed by atoms with Crippen LogP contribution in [0.2, 0.25) is 0 Å². The molecule has 0 bridgehead atoms. The Labute approximate surface area is 161 Å². The number of aliphatic imine (C=N–C) groups is 1. The van der Waals surface area contributed by atoms with Crippen molar-refractivity contribution in [3.63, 3.8) is 0 Å². The Bertz CT molecular complexity index is 627. The van der Waals surface area contributed by atoms with Crippen LogP contribution in [0.15, 0.2) is 29.3 Å². The predicted octanol–water partition coefficient (Wildman–Crippen LogP) is 1.67. The van der Waals surface area contributed by atoms with E-state index in [0.29, 0.717) is 13.0 Å². The van der Waals surface area contributed by atoms with E-state index in [9.17, 15) is 4.79 Å². The molecule has 1 amide bonds. The molecule has 0 aromatic heterocycles. The van der Waals surface area contributed by atoms with Gasteiger partial charge in [0.25, 0.3) is 0 Å². The molecule has 1 atom stereocenters. The highest BCUT2D eigenvalue weighted by Gasteiger charge is 2.21. The van der Waals surface area contributed by atoms with Gasteiger partial charge >= 0.3 is 0 Å². The fraction of sp³-hybridized carbons (Fsp3) is 0.600. The third-order valence-corrected chi connectivity index (χ3v) is 4.86. The van der Waals surface area contributed by atoms with Crippen LogP contribution < -0.4 is 15.5 Å². The Morgan fingerprint density at radius 3 is 2.85 bits per heavy atom. The summed E-state index contributed by atoms with van der Waals surface area (Å²) in [6.45, 7) is 4.59. The van der Waals surface area contributed by atoms with Crippen molar-refractivity contribution < 1.29 is 14.3 Å². The number of carbonyl (C=O) groups is 1. The van der Waals surface area contributed by atoms with Crippen molar-refractivity contribution in [2.24, 2.45) is 4.99 Å². The standard InChI is InChI=1S/C20H30N4O3/c1-21-20(22-10-3-12-27-18-9-13-26-15-18)23-14-16-5-7-17(8-6-16)24-11-2-4-19(24)25/h5-8,18H,2-4,9-15H2,1H3,(H2,21,22,23). The molecule has 1 aromatic rings. The highest BCUT2D eigenvalue weighted by atomic mass is 16.5. The van der Waals surface area contributed by atoms with E-state index in [0.717, 1.165) is 69.4 Å². The number of benzene rings is 1. The zero-order valence-electron chi connectivity index (χ0n) is 16.1. The van der Waals surface area contributed by atoms with Gasteiger partial charge in [0.2, 0.25) is 5.91 Å². The summed E-state index contributed by atoms with van der Waals surface area (Å²) in [5.41, 5.74) is 2.13. The van der Waals surface area contributed by atoms with Crippen LogP contribution in [0.25, 0.3) is 0 Å². The molecule has 2 fully saturated rings. The summed E-state index contributed by atoms with van der Waals surface area (Å²) in [5, 5.41) is 6.61. The van der Waals surface area contributed by atoms with Gasteiger partial charge in [0, 0.05) is 52.0 Å². The molecule has 2 saturated heterocycles. The van der Waals surface area contributed by atoms with E-state index >= 15 is 0 Å². The molecule has 0 spiro atoms. The number of rotatable bonds is 8. The molecule has 1 aromatic carbocycles. The highest BCUT2D eigenvalue weighted by Crippen LogP contribution is 2.21. The van der Waals surface area contributed by atoms with Gasteiger partial charge in [0.05, 0.1) is 12.7 Å². The molecule has 2 aliphatic heterocycles. The summed E-state index contributed by atoms with van der Waals surface area (Å²) in [7, 11) is 1.77. The number of guanidine groups is 1. The first kappa shape index (κ1) is 19.6. The molecule has 3 rings (SSSR count). The zero-order chi connectivity index (χ0) is 18.9. The van der Waals surface area contributed by atoms with Crippen LogP contribution in [-0.4, -0.2) is 57.9 Å². The molecule has 0 aliphatic carbocycles. The second-order valence-corrected chi connectivity index (χ2v) is 6.88. The van der Waals surface area contributed by atoms with Crippen molar-refractivity contribution >= 4 is 17.6 Å². The normalized spacial score (nSPS) is 20.3. The molecule has 1 unspecified atom stereocenters. The maximum absolute atomic E-state index is 11.8. The largest absolute Gasteiger partial charge is 0.379 e.